The van der Waals surface area contributed by atoms with Crippen molar-refractivity contribution in [3.8, 4) is 0 Å². The van der Waals surface area contributed by atoms with Crippen LogP contribution < -0.4 is 10.6 Å². The number of aryl methyl sites for hydroxylation is 2. The van der Waals surface area contributed by atoms with E-state index in [1.807, 2.05) is 11.8 Å². The lowest BCUT2D eigenvalue weighted by Crippen LogP contribution is -2.47. The molecule has 2 atom stereocenters. The molecule has 5 heteroatoms. The van der Waals surface area contributed by atoms with Gasteiger partial charge in [-0.25, -0.2) is 0 Å². The van der Waals surface area contributed by atoms with Gasteiger partial charge in [0, 0.05) is 25.0 Å². The summed E-state index contributed by atoms with van der Waals surface area (Å²) in [5.74, 6) is 0.0131. The average molecular weight is 329 g/mol. The fourth-order valence-electron chi connectivity index (χ4n) is 3.76. The van der Waals surface area contributed by atoms with E-state index in [1.54, 1.807) is 0 Å². The van der Waals surface area contributed by atoms with Crippen molar-refractivity contribution in [1.29, 1.82) is 0 Å². The molecule has 0 saturated carbocycles. The van der Waals surface area contributed by atoms with E-state index < -0.39 is 0 Å². The Balaban J connectivity index is 1.44. The molecule has 0 aliphatic carbocycles. The number of carbonyl (C=O) groups is 2. The molecule has 2 amide bonds. The molecule has 2 aliphatic rings. The van der Waals surface area contributed by atoms with Crippen molar-refractivity contribution >= 4 is 11.8 Å². The van der Waals surface area contributed by atoms with Crippen LogP contribution in [0, 0.1) is 6.92 Å². The summed E-state index contributed by atoms with van der Waals surface area (Å²) in [6.07, 6.45) is 4.32. The molecule has 1 aromatic carbocycles. The first kappa shape index (κ1) is 17.0. The van der Waals surface area contributed by atoms with Crippen molar-refractivity contribution in [1.82, 2.24) is 15.5 Å². The number of carbonyl (C=O) groups excluding carboxylic acids is 2. The highest BCUT2D eigenvalue weighted by Gasteiger charge is 2.37. The van der Waals surface area contributed by atoms with E-state index in [0.29, 0.717) is 24.9 Å². The van der Waals surface area contributed by atoms with Crippen LogP contribution in [0.1, 0.15) is 36.8 Å². The van der Waals surface area contributed by atoms with E-state index >= 15 is 0 Å². The van der Waals surface area contributed by atoms with Crippen LogP contribution in [-0.2, 0) is 16.0 Å². The minimum Gasteiger partial charge on any atom is -0.347 e. The first-order valence-electron chi connectivity index (χ1n) is 8.97. The maximum Gasteiger partial charge on any atom is 0.242 e. The van der Waals surface area contributed by atoms with Crippen molar-refractivity contribution in [3.63, 3.8) is 0 Å². The van der Waals surface area contributed by atoms with E-state index in [0.717, 1.165) is 37.9 Å². The number of benzene rings is 1. The number of nitrogens with zero attached hydrogens (tertiary/aromatic N) is 1. The van der Waals surface area contributed by atoms with Crippen LogP contribution in [0.2, 0.25) is 0 Å². The predicted molar refractivity (Wildman–Crippen MR) is 93.7 cm³/mol. The average Bonchev–Trinajstić information content (AvgIpc) is 2.85. The largest absolute Gasteiger partial charge is 0.347 e. The zero-order valence-electron chi connectivity index (χ0n) is 14.4. The van der Waals surface area contributed by atoms with E-state index in [-0.39, 0.29) is 18.4 Å². The molecule has 2 unspecified atom stereocenters. The Morgan fingerprint density at radius 3 is 2.71 bits per heavy atom. The van der Waals surface area contributed by atoms with Gasteiger partial charge in [0.25, 0.3) is 0 Å². The summed E-state index contributed by atoms with van der Waals surface area (Å²) >= 11 is 0. The maximum atomic E-state index is 12.5. The molecular weight excluding hydrogens is 302 g/mol. The van der Waals surface area contributed by atoms with E-state index in [4.69, 9.17) is 0 Å². The van der Waals surface area contributed by atoms with Crippen molar-refractivity contribution in [2.75, 3.05) is 19.6 Å². The number of fused-ring (bicyclic) bond motifs is 2. The standard InChI is InChI=1S/C19H27N3O2/c1-14-2-4-15(5-3-14)6-9-18(23)21-13-19(24)22-16-7-8-17(22)12-20-11-10-16/h2-5,16-17,20H,6-13H2,1H3,(H,21,23). The van der Waals surface area contributed by atoms with Crippen LogP contribution in [0.3, 0.4) is 0 Å². The van der Waals surface area contributed by atoms with Crippen LogP contribution in [0.15, 0.2) is 24.3 Å². The lowest BCUT2D eigenvalue weighted by atomic mass is 10.1. The van der Waals surface area contributed by atoms with Gasteiger partial charge in [0.2, 0.25) is 11.8 Å². The molecule has 2 fully saturated rings. The van der Waals surface area contributed by atoms with Crippen molar-refractivity contribution in [2.24, 2.45) is 0 Å². The maximum absolute atomic E-state index is 12.5. The molecule has 2 aliphatic heterocycles. The molecule has 2 heterocycles. The number of hydrogen-bond acceptors (Lipinski definition) is 3. The van der Waals surface area contributed by atoms with E-state index in [9.17, 15) is 9.59 Å². The first-order chi connectivity index (χ1) is 11.6. The van der Waals surface area contributed by atoms with Crippen LogP contribution in [0.25, 0.3) is 0 Å². The number of rotatable bonds is 5. The monoisotopic (exact) mass is 329 g/mol. The fraction of sp³-hybridized carbons (Fsp3) is 0.579. The number of nitrogens with one attached hydrogen (secondary N) is 2. The molecular formula is C19H27N3O2. The summed E-state index contributed by atoms with van der Waals surface area (Å²) < 4.78 is 0. The molecule has 2 N–H and O–H groups in total. The Hall–Kier alpha value is -1.88. The summed E-state index contributed by atoms with van der Waals surface area (Å²) in [4.78, 5) is 26.5. The summed E-state index contributed by atoms with van der Waals surface area (Å²) in [7, 11) is 0. The zero-order chi connectivity index (χ0) is 16.9. The van der Waals surface area contributed by atoms with Gasteiger partial charge in [-0.1, -0.05) is 29.8 Å². The highest BCUT2D eigenvalue weighted by molar-refractivity contribution is 5.85. The lowest BCUT2D eigenvalue weighted by molar-refractivity contribution is -0.135. The molecule has 5 nitrogen and oxygen atoms in total. The van der Waals surface area contributed by atoms with E-state index in [2.05, 4.69) is 34.9 Å². The topological polar surface area (TPSA) is 61.4 Å². The van der Waals surface area contributed by atoms with Gasteiger partial charge in [-0.2, -0.15) is 0 Å². The Bertz CT molecular complexity index is 571. The Morgan fingerprint density at radius 2 is 1.92 bits per heavy atom. The van der Waals surface area contributed by atoms with Gasteiger partial charge in [0.05, 0.1) is 6.54 Å². The second-order valence-corrected chi connectivity index (χ2v) is 6.94. The Labute approximate surface area is 143 Å². The highest BCUT2D eigenvalue weighted by Crippen LogP contribution is 2.27. The summed E-state index contributed by atoms with van der Waals surface area (Å²) in [5.41, 5.74) is 2.37. The zero-order valence-corrected chi connectivity index (χ0v) is 14.4. The third-order valence-corrected chi connectivity index (χ3v) is 5.14. The molecule has 2 bridgehead atoms. The van der Waals surface area contributed by atoms with Crippen molar-refractivity contribution < 1.29 is 9.59 Å². The van der Waals surface area contributed by atoms with Gasteiger partial charge in [0.15, 0.2) is 0 Å². The predicted octanol–water partition coefficient (Wildman–Crippen LogP) is 1.40. The molecule has 24 heavy (non-hydrogen) atoms. The van der Waals surface area contributed by atoms with Crippen LogP contribution >= 0.6 is 0 Å². The van der Waals surface area contributed by atoms with Crippen molar-refractivity contribution in [2.45, 2.75) is 51.1 Å². The third-order valence-electron chi connectivity index (χ3n) is 5.14. The molecule has 0 aromatic heterocycles. The SMILES string of the molecule is Cc1ccc(CCC(=O)NCC(=O)N2C3CCNCC2CC3)cc1. The lowest BCUT2D eigenvalue weighted by Gasteiger charge is -2.28. The van der Waals surface area contributed by atoms with Gasteiger partial charge in [0.1, 0.15) is 0 Å². The third kappa shape index (κ3) is 4.15. The molecule has 1 aromatic rings. The molecule has 2 saturated heterocycles. The molecule has 3 rings (SSSR count). The van der Waals surface area contributed by atoms with Gasteiger partial charge in [-0.3, -0.25) is 9.59 Å². The minimum atomic E-state index is -0.0516. The van der Waals surface area contributed by atoms with Crippen LogP contribution in [0.4, 0.5) is 0 Å². The first-order valence-corrected chi connectivity index (χ1v) is 8.97. The van der Waals surface area contributed by atoms with Gasteiger partial charge in [-0.15, -0.1) is 0 Å². The second kappa shape index (κ2) is 7.79. The second-order valence-electron chi connectivity index (χ2n) is 6.94. The molecule has 0 radical (unpaired) electrons. The fourth-order valence-corrected chi connectivity index (χ4v) is 3.76. The van der Waals surface area contributed by atoms with Crippen molar-refractivity contribution in [3.05, 3.63) is 35.4 Å². The molecule has 0 spiro atoms. The van der Waals surface area contributed by atoms with E-state index in [1.165, 1.54) is 5.56 Å². The van der Waals surface area contributed by atoms with Crippen LogP contribution in [-0.4, -0.2) is 48.4 Å². The van der Waals surface area contributed by atoms with Gasteiger partial charge in [-0.05, 0) is 44.7 Å². The summed E-state index contributed by atoms with van der Waals surface area (Å²) in [6, 6.07) is 8.86. The number of hydrogen-bond donors (Lipinski definition) is 2. The van der Waals surface area contributed by atoms with Gasteiger partial charge < -0.3 is 15.5 Å². The Morgan fingerprint density at radius 1 is 1.17 bits per heavy atom. The minimum absolute atomic E-state index is 0.0516. The van der Waals surface area contributed by atoms with Crippen LogP contribution in [0.5, 0.6) is 0 Å². The quantitative estimate of drug-likeness (QED) is 0.858. The summed E-state index contributed by atoms with van der Waals surface area (Å²) in [6.45, 7) is 4.03. The highest BCUT2D eigenvalue weighted by atomic mass is 16.2. The Kier molecular flexibility index (Phi) is 5.51. The smallest absolute Gasteiger partial charge is 0.242 e. The summed E-state index contributed by atoms with van der Waals surface area (Å²) in [5, 5.41) is 6.19. The normalized spacial score (nSPS) is 23.0. The number of amides is 2. The van der Waals surface area contributed by atoms with Gasteiger partial charge >= 0.3 is 0 Å². The molecule has 130 valence electrons.